The third-order valence-electron chi connectivity index (χ3n) is 1.95. The summed E-state index contributed by atoms with van der Waals surface area (Å²) in [5.41, 5.74) is 5.86. The van der Waals surface area contributed by atoms with Gasteiger partial charge in [-0.15, -0.1) is 11.3 Å². The number of hydrogen-bond donors (Lipinski definition) is 2. The molecule has 1 unspecified atom stereocenters. The van der Waals surface area contributed by atoms with Gasteiger partial charge in [0, 0.05) is 24.0 Å². The van der Waals surface area contributed by atoms with Gasteiger partial charge in [0.15, 0.2) is 0 Å². The third-order valence-corrected chi connectivity index (χ3v) is 2.82. The Morgan fingerprint density at radius 1 is 1.62 bits per heavy atom. The van der Waals surface area contributed by atoms with Crippen LogP contribution in [0.15, 0.2) is 17.5 Å². The second kappa shape index (κ2) is 6.13. The Bertz CT molecular complexity index is 209. The number of thiophene rings is 1. The highest BCUT2D eigenvalue weighted by Gasteiger charge is 1.99. The zero-order valence-corrected chi connectivity index (χ0v) is 8.94. The van der Waals surface area contributed by atoms with E-state index in [1.54, 1.807) is 11.3 Å². The smallest absolute Gasteiger partial charge is 0.0300 e. The molecule has 0 bridgehead atoms. The van der Waals surface area contributed by atoms with Gasteiger partial charge in [-0.25, -0.2) is 0 Å². The van der Waals surface area contributed by atoms with E-state index in [2.05, 4.69) is 29.8 Å². The Hall–Kier alpha value is -0.380. The lowest BCUT2D eigenvalue weighted by Crippen LogP contribution is -2.33. The molecule has 0 radical (unpaired) electrons. The number of nitrogens with two attached hydrogens (primary N) is 1. The second-order valence-corrected chi connectivity index (χ2v) is 4.29. The van der Waals surface area contributed by atoms with Gasteiger partial charge in [0.25, 0.3) is 0 Å². The first-order valence-electron chi connectivity index (χ1n) is 4.81. The van der Waals surface area contributed by atoms with Crippen molar-refractivity contribution in [3.05, 3.63) is 22.4 Å². The van der Waals surface area contributed by atoms with Crippen LogP contribution in [0.25, 0.3) is 0 Å². The summed E-state index contributed by atoms with van der Waals surface area (Å²) < 4.78 is 0. The first-order valence-corrected chi connectivity index (χ1v) is 5.69. The molecule has 1 rings (SSSR count). The Labute approximate surface area is 84.2 Å². The van der Waals surface area contributed by atoms with Crippen molar-refractivity contribution >= 4 is 11.3 Å². The van der Waals surface area contributed by atoms with Gasteiger partial charge in [0.05, 0.1) is 0 Å². The van der Waals surface area contributed by atoms with Crippen molar-refractivity contribution in [1.29, 1.82) is 0 Å². The van der Waals surface area contributed by atoms with E-state index in [0.29, 0.717) is 6.04 Å². The fourth-order valence-electron chi connectivity index (χ4n) is 1.27. The van der Waals surface area contributed by atoms with Crippen LogP contribution in [-0.2, 0) is 6.54 Å². The summed E-state index contributed by atoms with van der Waals surface area (Å²) in [7, 11) is 0. The molecule has 0 aromatic carbocycles. The standard InChI is InChI=1S/C10H18N2S/c1-2-4-9(11)7-12-8-10-5-3-6-13-10/h3,5-6,9,12H,2,4,7-8,11H2,1H3. The first kappa shape index (κ1) is 10.7. The largest absolute Gasteiger partial charge is 0.327 e. The van der Waals surface area contributed by atoms with E-state index in [0.717, 1.165) is 19.5 Å². The van der Waals surface area contributed by atoms with Crippen LogP contribution in [-0.4, -0.2) is 12.6 Å². The fourth-order valence-corrected chi connectivity index (χ4v) is 1.94. The van der Waals surface area contributed by atoms with E-state index in [9.17, 15) is 0 Å². The number of nitrogens with one attached hydrogen (secondary N) is 1. The van der Waals surface area contributed by atoms with E-state index >= 15 is 0 Å². The number of hydrogen-bond acceptors (Lipinski definition) is 3. The van der Waals surface area contributed by atoms with Gasteiger partial charge in [-0.1, -0.05) is 19.4 Å². The molecule has 0 spiro atoms. The predicted octanol–water partition coefficient (Wildman–Crippen LogP) is 1.97. The van der Waals surface area contributed by atoms with Crippen LogP contribution in [0.3, 0.4) is 0 Å². The van der Waals surface area contributed by atoms with Crippen LogP contribution >= 0.6 is 11.3 Å². The molecule has 0 aliphatic heterocycles. The van der Waals surface area contributed by atoms with Crippen molar-refractivity contribution in [2.45, 2.75) is 32.4 Å². The van der Waals surface area contributed by atoms with Crippen molar-refractivity contribution < 1.29 is 0 Å². The average molecular weight is 198 g/mol. The van der Waals surface area contributed by atoms with Crippen molar-refractivity contribution in [1.82, 2.24) is 5.32 Å². The molecule has 0 fully saturated rings. The van der Waals surface area contributed by atoms with Crippen molar-refractivity contribution in [2.24, 2.45) is 5.73 Å². The molecule has 0 saturated carbocycles. The molecule has 74 valence electrons. The third kappa shape index (κ3) is 4.41. The summed E-state index contributed by atoms with van der Waals surface area (Å²) >= 11 is 1.78. The minimum Gasteiger partial charge on any atom is -0.327 e. The van der Waals surface area contributed by atoms with Crippen LogP contribution in [0.5, 0.6) is 0 Å². The van der Waals surface area contributed by atoms with Gasteiger partial charge in [0.1, 0.15) is 0 Å². The molecule has 0 aliphatic carbocycles. The zero-order valence-electron chi connectivity index (χ0n) is 8.12. The molecule has 2 nitrogen and oxygen atoms in total. The lowest BCUT2D eigenvalue weighted by atomic mass is 10.2. The molecule has 13 heavy (non-hydrogen) atoms. The summed E-state index contributed by atoms with van der Waals surface area (Å²) in [4.78, 5) is 1.38. The molecule has 0 amide bonds. The maximum atomic E-state index is 5.86. The maximum Gasteiger partial charge on any atom is 0.0300 e. The van der Waals surface area contributed by atoms with Crippen LogP contribution < -0.4 is 11.1 Å². The van der Waals surface area contributed by atoms with Crippen LogP contribution in [0.2, 0.25) is 0 Å². The van der Waals surface area contributed by atoms with E-state index in [-0.39, 0.29) is 0 Å². The Morgan fingerprint density at radius 2 is 2.46 bits per heavy atom. The molecule has 1 aromatic heterocycles. The molecule has 1 heterocycles. The highest BCUT2D eigenvalue weighted by atomic mass is 32.1. The maximum absolute atomic E-state index is 5.86. The SMILES string of the molecule is CCCC(N)CNCc1cccs1. The monoisotopic (exact) mass is 198 g/mol. The molecule has 0 aliphatic rings. The summed E-state index contributed by atoms with van der Waals surface area (Å²) in [6.07, 6.45) is 2.28. The van der Waals surface area contributed by atoms with Crippen molar-refractivity contribution in [3.63, 3.8) is 0 Å². The summed E-state index contributed by atoms with van der Waals surface area (Å²) in [6.45, 7) is 4.04. The van der Waals surface area contributed by atoms with Crippen molar-refractivity contribution in [3.8, 4) is 0 Å². The van der Waals surface area contributed by atoms with Gasteiger partial charge >= 0.3 is 0 Å². The second-order valence-electron chi connectivity index (χ2n) is 3.26. The molecular weight excluding hydrogens is 180 g/mol. The predicted molar refractivity (Wildman–Crippen MR) is 58.9 cm³/mol. The Kier molecular flexibility index (Phi) is 5.05. The highest BCUT2D eigenvalue weighted by molar-refractivity contribution is 7.09. The molecule has 3 N–H and O–H groups in total. The lowest BCUT2D eigenvalue weighted by Gasteiger charge is -2.10. The fraction of sp³-hybridized carbons (Fsp3) is 0.600. The molecule has 3 heteroatoms. The quantitative estimate of drug-likeness (QED) is 0.733. The topological polar surface area (TPSA) is 38.0 Å². The zero-order chi connectivity index (χ0) is 9.52. The molecular formula is C10H18N2S. The molecule has 1 atom stereocenters. The Balaban J connectivity index is 2.07. The van der Waals surface area contributed by atoms with E-state index < -0.39 is 0 Å². The summed E-state index contributed by atoms with van der Waals surface area (Å²) in [6, 6.07) is 4.53. The van der Waals surface area contributed by atoms with E-state index in [1.807, 2.05) is 0 Å². The van der Waals surface area contributed by atoms with Gasteiger partial charge < -0.3 is 11.1 Å². The van der Waals surface area contributed by atoms with Crippen molar-refractivity contribution in [2.75, 3.05) is 6.54 Å². The minimum atomic E-state index is 0.310. The highest BCUT2D eigenvalue weighted by Crippen LogP contribution is 2.07. The van der Waals surface area contributed by atoms with Crippen LogP contribution in [0.1, 0.15) is 24.6 Å². The van der Waals surface area contributed by atoms with E-state index in [1.165, 1.54) is 11.3 Å². The molecule has 1 aromatic rings. The van der Waals surface area contributed by atoms with E-state index in [4.69, 9.17) is 5.73 Å². The average Bonchev–Trinajstić information content (AvgIpc) is 2.57. The van der Waals surface area contributed by atoms with Gasteiger partial charge in [-0.3, -0.25) is 0 Å². The van der Waals surface area contributed by atoms with Crippen LogP contribution in [0.4, 0.5) is 0 Å². The lowest BCUT2D eigenvalue weighted by molar-refractivity contribution is 0.540. The van der Waals surface area contributed by atoms with Crippen LogP contribution in [0, 0.1) is 0 Å². The summed E-state index contributed by atoms with van der Waals surface area (Å²) in [5.74, 6) is 0. The van der Waals surface area contributed by atoms with Gasteiger partial charge in [-0.2, -0.15) is 0 Å². The van der Waals surface area contributed by atoms with Gasteiger partial charge in [0.2, 0.25) is 0 Å². The normalized spacial score (nSPS) is 13.1. The molecule has 0 saturated heterocycles. The number of rotatable bonds is 6. The summed E-state index contributed by atoms with van der Waals surface area (Å²) in [5, 5.41) is 5.46. The minimum absolute atomic E-state index is 0.310. The Morgan fingerprint density at radius 3 is 3.08 bits per heavy atom. The first-order chi connectivity index (χ1) is 6.33. The van der Waals surface area contributed by atoms with Gasteiger partial charge in [-0.05, 0) is 17.9 Å².